The summed E-state index contributed by atoms with van der Waals surface area (Å²) in [5, 5.41) is 30.9. The maximum absolute atomic E-state index is 12.1. The Labute approximate surface area is 221 Å². The van der Waals surface area contributed by atoms with Crippen molar-refractivity contribution in [1.82, 2.24) is 10.3 Å². The van der Waals surface area contributed by atoms with E-state index in [0.29, 0.717) is 22.2 Å². The number of aryl methyl sites for hydroxylation is 1. The molecule has 0 radical (unpaired) electrons. The highest BCUT2D eigenvalue weighted by Crippen LogP contribution is 2.35. The van der Waals surface area contributed by atoms with Crippen molar-refractivity contribution in [2.24, 2.45) is 0 Å². The first-order valence-corrected chi connectivity index (χ1v) is 12.1. The second kappa shape index (κ2) is 15.1. The molecule has 0 aliphatic rings. The summed E-state index contributed by atoms with van der Waals surface area (Å²) in [5.41, 5.74) is 2.55. The van der Waals surface area contributed by atoms with E-state index in [1.807, 2.05) is 62.4 Å². The highest BCUT2D eigenvalue weighted by Gasteiger charge is 2.25. The van der Waals surface area contributed by atoms with Crippen molar-refractivity contribution in [2.75, 3.05) is 6.61 Å². The molecule has 188 valence electrons. The van der Waals surface area contributed by atoms with Gasteiger partial charge in [0.05, 0.1) is 46.7 Å². The van der Waals surface area contributed by atoms with Crippen molar-refractivity contribution in [3.63, 3.8) is 0 Å². The van der Waals surface area contributed by atoms with Crippen LogP contribution in [0.5, 0.6) is 5.75 Å². The number of carbonyl (C=O) groups excluding carboxylic acids is 1. The van der Waals surface area contributed by atoms with Crippen molar-refractivity contribution < 1.29 is 19.6 Å². The minimum absolute atomic E-state index is 0.0264. The van der Waals surface area contributed by atoms with Crippen LogP contribution < -0.4 is 10.1 Å². The van der Waals surface area contributed by atoms with Crippen molar-refractivity contribution in [1.29, 1.82) is 5.26 Å². The van der Waals surface area contributed by atoms with E-state index in [-0.39, 0.29) is 24.9 Å². The zero-order chi connectivity index (χ0) is 26.5. The Bertz CT molecular complexity index is 1150. The average molecular weight is 528 g/mol. The van der Waals surface area contributed by atoms with E-state index in [1.165, 1.54) is 0 Å². The van der Waals surface area contributed by atoms with Crippen LogP contribution in [0.15, 0.2) is 66.9 Å². The lowest BCUT2D eigenvalue weighted by Gasteiger charge is -2.18. The molecule has 0 aliphatic heterocycles. The number of pyridine rings is 1. The Kier molecular flexibility index (Phi) is 12.2. The Morgan fingerprint density at radius 2 is 1.83 bits per heavy atom. The zero-order valence-corrected chi connectivity index (χ0v) is 21.6. The summed E-state index contributed by atoms with van der Waals surface area (Å²) >= 11 is 12.2. The summed E-state index contributed by atoms with van der Waals surface area (Å²) in [6.07, 6.45) is 2.03. The Morgan fingerprint density at radius 3 is 2.44 bits per heavy atom. The molecule has 3 aromatic rings. The van der Waals surface area contributed by atoms with Gasteiger partial charge in [0.1, 0.15) is 0 Å². The van der Waals surface area contributed by atoms with Crippen molar-refractivity contribution in [3.8, 4) is 11.8 Å². The van der Waals surface area contributed by atoms with E-state index in [4.69, 9.17) is 33.2 Å². The first-order chi connectivity index (χ1) is 17.2. The van der Waals surface area contributed by atoms with Crippen LogP contribution in [0.4, 0.5) is 0 Å². The van der Waals surface area contributed by atoms with Gasteiger partial charge in [0.15, 0.2) is 5.75 Å². The number of hydrogen-bond acceptors (Lipinski definition) is 6. The SMILES string of the molecule is CC(C#N)c1ccccn1.Cc1ccc(Cl)c(OCCC(=O)NC(Cc2ccccc2)B(O)O)c1Cl. The largest absolute Gasteiger partial charge is 0.490 e. The van der Waals surface area contributed by atoms with Gasteiger partial charge < -0.3 is 20.1 Å². The quantitative estimate of drug-likeness (QED) is 0.352. The number of amides is 1. The zero-order valence-electron chi connectivity index (χ0n) is 20.1. The Morgan fingerprint density at radius 1 is 1.14 bits per heavy atom. The van der Waals surface area contributed by atoms with Crippen LogP contribution >= 0.6 is 23.2 Å². The van der Waals surface area contributed by atoms with Gasteiger partial charge in [0.25, 0.3) is 0 Å². The Balaban J connectivity index is 0.000000380. The van der Waals surface area contributed by atoms with Crippen LogP contribution in [0.2, 0.25) is 10.0 Å². The van der Waals surface area contributed by atoms with Gasteiger partial charge in [-0.05, 0) is 49.6 Å². The second-order valence-electron chi connectivity index (χ2n) is 7.99. The molecule has 2 aromatic carbocycles. The number of nitriles is 1. The van der Waals surface area contributed by atoms with Crippen LogP contribution in [-0.4, -0.2) is 40.6 Å². The van der Waals surface area contributed by atoms with E-state index in [1.54, 1.807) is 18.3 Å². The lowest BCUT2D eigenvalue weighted by molar-refractivity contribution is -0.122. The molecule has 0 saturated carbocycles. The molecular weight excluding hydrogens is 500 g/mol. The molecule has 2 atom stereocenters. The molecule has 0 spiro atoms. The molecular formula is C26H28BCl2N3O4. The predicted molar refractivity (Wildman–Crippen MR) is 142 cm³/mol. The summed E-state index contributed by atoms with van der Waals surface area (Å²) in [6.45, 7) is 3.73. The monoisotopic (exact) mass is 527 g/mol. The molecule has 0 bridgehead atoms. The van der Waals surface area contributed by atoms with E-state index in [0.717, 1.165) is 16.8 Å². The van der Waals surface area contributed by atoms with Gasteiger partial charge in [-0.15, -0.1) is 0 Å². The van der Waals surface area contributed by atoms with Gasteiger partial charge in [-0.1, -0.05) is 65.7 Å². The number of rotatable bonds is 9. The Hall–Kier alpha value is -3.09. The van der Waals surface area contributed by atoms with Gasteiger partial charge in [0.2, 0.25) is 5.91 Å². The van der Waals surface area contributed by atoms with Crippen LogP contribution in [0, 0.1) is 18.3 Å². The fourth-order valence-corrected chi connectivity index (χ4v) is 3.56. The third-order valence-corrected chi connectivity index (χ3v) is 5.91. The summed E-state index contributed by atoms with van der Waals surface area (Å²) in [5.74, 6) is -0.930. The topological polar surface area (TPSA) is 115 Å². The minimum Gasteiger partial charge on any atom is -0.490 e. The van der Waals surface area contributed by atoms with Crippen LogP contribution in [-0.2, 0) is 11.2 Å². The highest BCUT2D eigenvalue weighted by atomic mass is 35.5. The van der Waals surface area contributed by atoms with E-state index in [9.17, 15) is 14.8 Å². The molecule has 0 aliphatic carbocycles. The van der Waals surface area contributed by atoms with Crippen molar-refractivity contribution >= 4 is 36.2 Å². The van der Waals surface area contributed by atoms with Crippen LogP contribution in [0.25, 0.3) is 0 Å². The molecule has 0 saturated heterocycles. The number of nitrogens with zero attached hydrogens (tertiary/aromatic N) is 2. The third kappa shape index (κ3) is 9.52. The van der Waals surface area contributed by atoms with Crippen LogP contribution in [0.1, 0.15) is 36.1 Å². The van der Waals surface area contributed by atoms with E-state index in [2.05, 4.69) is 16.4 Å². The number of halogens is 2. The third-order valence-electron chi connectivity index (χ3n) is 5.15. The second-order valence-corrected chi connectivity index (χ2v) is 8.77. The average Bonchev–Trinajstić information content (AvgIpc) is 2.89. The molecule has 1 heterocycles. The highest BCUT2D eigenvalue weighted by molar-refractivity contribution is 6.43. The van der Waals surface area contributed by atoms with Gasteiger partial charge >= 0.3 is 7.12 Å². The van der Waals surface area contributed by atoms with Gasteiger partial charge in [-0.25, -0.2) is 0 Å². The number of nitrogens with one attached hydrogen (secondary N) is 1. The first kappa shape index (κ1) is 29.1. The van der Waals surface area contributed by atoms with Crippen molar-refractivity contribution in [2.45, 2.75) is 38.5 Å². The standard InChI is InChI=1S/C18H20BCl2NO4.C8H8N2/c1-12-7-8-14(20)18(17(12)21)26-10-9-16(23)22-15(19(24)25)11-13-5-3-2-4-6-13;1-7(6-9)8-4-2-3-5-10-8/h2-8,15,24-25H,9-11H2,1H3,(H,22,23);2-5,7H,1H3. The van der Waals surface area contributed by atoms with Crippen LogP contribution in [0.3, 0.4) is 0 Å². The lowest BCUT2D eigenvalue weighted by Crippen LogP contribution is -2.48. The number of benzene rings is 2. The van der Waals surface area contributed by atoms with E-state index < -0.39 is 13.1 Å². The summed E-state index contributed by atoms with van der Waals surface area (Å²) in [6, 6.07) is 20.4. The molecule has 0 fully saturated rings. The number of hydrogen-bond donors (Lipinski definition) is 3. The summed E-state index contributed by atoms with van der Waals surface area (Å²) in [4.78, 5) is 16.1. The summed E-state index contributed by atoms with van der Waals surface area (Å²) < 4.78 is 5.53. The van der Waals surface area contributed by atoms with Crippen molar-refractivity contribution in [3.05, 3.63) is 93.7 Å². The number of ether oxygens (including phenoxy) is 1. The number of aromatic nitrogens is 1. The summed E-state index contributed by atoms with van der Waals surface area (Å²) in [7, 11) is -1.67. The molecule has 3 N–H and O–H groups in total. The minimum atomic E-state index is -1.67. The molecule has 36 heavy (non-hydrogen) atoms. The number of carbonyl (C=O) groups is 1. The van der Waals surface area contributed by atoms with Gasteiger partial charge in [-0.2, -0.15) is 5.26 Å². The molecule has 1 amide bonds. The fraction of sp³-hybridized carbons (Fsp3) is 0.269. The molecule has 2 unspecified atom stereocenters. The van der Waals surface area contributed by atoms with E-state index >= 15 is 0 Å². The molecule has 7 nitrogen and oxygen atoms in total. The van der Waals surface area contributed by atoms with Gasteiger partial charge in [0, 0.05) is 6.20 Å². The smallest absolute Gasteiger partial charge is 0.475 e. The normalized spacial score (nSPS) is 11.8. The predicted octanol–water partition coefficient (Wildman–Crippen LogP) is 4.52. The molecule has 1 aromatic heterocycles. The first-order valence-electron chi connectivity index (χ1n) is 11.3. The fourth-order valence-electron chi connectivity index (χ4n) is 3.09. The maximum atomic E-state index is 12.1. The van der Waals surface area contributed by atoms with Gasteiger partial charge in [-0.3, -0.25) is 9.78 Å². The molecule has 10 heteroatoms. The maximum Gasteiger partial charge on any atom is 0.475 e. The molecule has 3 rings (SSSR count). The lowest BCUT2D eigenvalue weighted by atomic mass is 9.76.